The van der Waals surface area contributed by atoms with E-state index in [9.17, 15) is 4.79 Å². The van der Waals surface area contributed by atoms with Crippen LogP contribution in [-0.2, 0) is 9.53 Å². The smallest absolute Gasteiger partial charge is 0.239 e. The fourth-order valence-electron chi connectivity index (χ4n) is 2.78. The van der Waals surface area contributed by atoms with E-state index in [1.807, 2.05) is 31.2 Å². The molecular formula is C17H26N4O2S. The molecule has 0 spiro atoms. The number of benzene rings is 1. The summed E-state index contributed by atoms with van der Waals surface area (Å²) in [5.74, 6) is -0.0873. The van der Waals surface area contributed by atoms with Gasteiger partial charge in [0.25, 0.3) is 0 Å². The van der Waals surface area contributed by atoms with Gasteiger partial charge in [-0.05, 0) is 44.6 Å². The predicted octanol–water partition coefficient (Wildman–Crippen LogP) is 1.81. The highest BCUT2D eigenvalue weighted by Crippen LogP contribution is 2.12. The van der Waals surface area contributed by atoms with Crippen molar-refractivity contribution in [3.05, 3.63) is 29.8 Å². The van der Waals surface area contributed by atoms with Crippen molar-refractivity contribution in [3.8, 4) is 0 Å². The van der Waals surface area contributed by atoms with Gasteiger partial charge in [0.15, 0.2) is 5.11 Å². The first-order chi connectivity index (χ1) is 11.4. The number of nitrogens with zero attached hydrogens (tertiary/aromatic N) is 1. The fourth-order valence-corrected chi connectivity index (χ4v) is 2.94. The van der Waals surface area contributed by atoms with E-state index in [2.05, 4.69) is 34.9 Å². The van der Waals surface area contributed by atoms with Gasteiger partial charge in [-0.3, -0.25) is 20.5 Å². The summed E-state index contributed by atoms with van der Waals surface area (Å²) in [4.78, 5) is 14.2. The van der Waals surface area contributed by atoms with E-state index >= 15 is 0 Å². The van der Waals surface area contributed by atoms with Crippen LogP contribution in [0.1, 0.15) is 25.8 Å². The van der Waals surface area contributed by atoms with Crippen molar-refractivity contribution < 1.29 is 9.53 Å². The van der Waals surface area contributed by atoms with Gasteiger partial charge in [0.2, 0.25) is 5.91 Å². The van der Waals surface area contributed by atoms with Crippen LogP contribution in [0.3, 0.4) is 0 Å². The van der Waals surface area contributed by atoms with E-state index in [4.69, 9.17) is 17.0 Å². The van der Waals surface area contributed by atoms with Gasteiger partial charge < -0.3 is 10.1 Å². The van der Waals surface area contributed by atoms with Gasteiger partial charge in [0.05, 0.1) is 12.2 Å². The standard InChI is InChI=1S/C17H26N4O2S/c1-12-6-4-5-7-15(12)18-17(24)20-19-16(22)8-9-21-10-13(2)23-14(3)11-21/h4-7,13-14H,8-11H2,1-3H3,(H,19,22)(H2,18,20,24)/t13-,14+. The summed E-state index contributed by atoms with van der Waals surface area (Å²) in [7, 11) is 0. The second kappa shape index (κ2) is 8.96. The number of hydrogen-bond donors (Lipinski definition) is 3. The summed E-state index contributed by atoms with van der Waals surface area (Å²) in [5, 5.41) is 3.43. The number of morpholine rings is 1. The van der Waals surface area contributed by atoms with Crippen LogP contribution >= 0.6 is 12.2 Å². The lowest BCUT2D eigenvalue weighted by Crippen LogP contribution is -2.48. The Morgan fingerprint density at radius 2 is 1.92 bits per heavy atom. The Balaban J connectivity index is 1.67. The maximum Gasteiger partial charge on any atom is 0.239 e. The minimum atomic E-state index is -0.0873. The molecule has 1 fully saturated rings. The molecule has 6 nitrogen and oxygen atoms in total. The fraction of sp³-hybridized carbons (Fsp3) is 0.529. The lowest BCUT2D eigenvalue weighted by atomic mass is 10.2. The zero-order chi connectivity index (χ0) is 17.5. The summed E-state index contributed by atoms with van der Waals surface area (Å²) in [6.07, 6.45) is 0.834. The highest BCUT2D eigenvalue weighted by Gasteiger charge is 2.22. The van der Waals surface area contributed by atoms with Gasteiger partial charge >= 0.3 is 0 Å². The first kappa shape index (κ1) is 18.6. The molecule has 2 atom stereocenters. The molecule has 0 aromatic heterocycles. The summed E-state index contributed by atoms with van der Waals surface area (Å²) >= 11 is 5.19. The molecule has 0 radical (unpaired) electrons. The van der Waals surface area contributed by atoms with Crippen molar-refractivity contribution in [2.24, 2.45) is 0 Å². The van der Waals surface area contributed by atoms with Crippen molar-refractivity contribution in [2.75, 3.05) is 25.0 Å². The van der Waals surface area contributed by atoms with Crippen LogP contribution in [0.15, 0.2) is 24.3 Å². The third-order valence-electron chi connectivity index (χ3n) is 3.86. The number of nitrogens with one attached hydrogen (secondary N) is 3. The molecule has 7 heteroatoms. The number of hydrazine groups is 1. The van der Waals surface area contributed by atoms with Crippen molar-refractivity contribution in [3.63, 3.8) is 0 Å². The van der Waals surface area contributed by atoms with Gasteiger partial charge in [0, 0.05) is 31.7 Å². The van der Waals surface area contributed by atoms with Gasteiger partial charge in [0.1, 0.15) is 0 Å². The molecule has 0 bridgehead atoms. The number of carbonyl (C=O) groups excluding carboxylic acids is 1. The van der Waals surface area contributed by atoms with E-state index in [0.29, 0.717) is 18.1 Å². The Morgan fingerprint density at radius 1 is 1.25 bits per heavy atom. The van der Waals surface area contributed by atoms with Crippen molar-refractivity contribution in [1.82, 2.24) is 15.8 Å². The van der Waals surface area contributed by atoms with Gasteiger partial charge in [-0.1, -0.05) is 18.2 Å². The largest absolute Gasteiger partial charge is 0.373 e. The van der Waals surface area contributed by atoms with E-state index in [1.165, 1.54) is 0 Å². The summed E-state index contributed by atoms with van der Waals surface area (Å²) in [6.45, 7) is 8.54. The van der Waals surface area contributed by atoms with E-state index in [-0.39, 0.29) is 18.1 Å². The molecule has 132 valence electrons. The van der Waals surface area contributed by atoms with E-state index < -0.39 is 0 Å². The van der Waals surface area contributed by atoms with Crippen LogP contribution < -0.4 is 16.2 Å². The molecule has 1 aromatic rings. The molecule has 2 rings (SSSR count). The molecule has 1 heterocycles. The highest BCUT2D eigenvalue weighted by atomic mass is 32.1. The SMILES string of the molecule is Cc1ccccc1NC(=S)NNC(=O)CCN1C[C@@H](C)O[C@@H](C)C1. The van der Waals surface area contributed by atoms with E-state index in [1.54, 1.807) is 0 Å². The molecule has 3 N–H and O–H groups in total. The molecule has 24 heavy (non-hydrogen) atoms. The van der Waals surface area contributed by atoms with Crippen molar-refractivity contribution in [2.45, 2.75) is 39.4 Å². The number of para-hydroxylation sites is 1. The Bertz CT molecular complexity index is 571. The van der Waals surface area contributed by atoms with Crippen LogP contribution in [0.4, 0.5) is 5.69 Å². The molecule has 1 aliphatic rings. The average molecular weight is 350 g/mol. The number of thiocarbonyl (C=S) groups is 1. The predicted molar refractivity (Wildman–Crippen MR) is 99.7 cm³/mol. The second-order valence-electron chi connectivity index (χ2n) is 6.21. The molecule has 0 aliphatic carbocycles. The zero-order valence-electron chi connectivity index (χ0n) is 14.5. The van der Waals surface area contributed by atoms with Crippen LogP contribution in [0.5, 0.6) is 0 Å². The lowest BCUT2D eigenvalue weighted by molar-refractivity contribution is -0.123. The Labute approximate surface area is 148 Å². The first-order valence-electron chi connectivity index (χ1n) is 8.23. The highest BCUT2D eigenvalue weighted by molar-refractivity contribution is 7.80. The van der Waals surface area contributed by atoms with Gasteiger partial charge in [-0.25, -0.2) is 0 Å². The quantitative estimate of drug-likeness (QED) is 0.569. The molecule has 1 aliphatic heterocycles. The second-order valence-corrected chi connectivity index (χ2v) is 6.62. The third kappa shape index (κ3) is 6.07. The maximum absolute atomic E-state index is 12.0. The number of anilines is 1. The zero-order valence-corrected chi connectivity index (χ0v) is 15.3. The molecular weight excluding hydrogens is 324 g/mol. The topological polar surface area (TPSA) is 65.6 Å². The molecule has 0 saturated carbocycles. The minimum Gasteiger partial charge on any atom is -0.373 e. The van der Waals surface area contributed by atoms with Crippen molar-refractivity contribution in [1.29, 1.82) is 0 Å². The van der Waals surface area contributed by atoms with Crippen LogP contribution in [0.25, 0.3) is 0 Å². The third-order valence-corrected chi connectivity index (χ3v) is 4.06. The number of amides is 1. The van der Waals surface area contributed by atoms with Gasteiger partial charge in [-0.2, -0.15) is 0 Å². The number of ether oxygens (including phenoxy) is 1. The summed E-state index contributed by atoms with van der Waals surface area (Å²) in [5.41, 5.74) is 7.38. The number of hydrogen-bond acceptors (Lipinski definition) is 4. The number of rotatable bonds is 4. The first-order valence-corrected chi connectivity index (χ1v) is 8.64. The summed E-state index contributed by atoms with van der Waals surface area (Å²) in [6, 6.07) is 7.83. The Hall–Kier alpha value is -1.70. The summed E-state index contributed by atoms with van der Waals surface area (Å²) < 4.78 is 5.69. The Kier molecular flexibility index (Phi) is 6.96. The van der Waals surface area contributed by atoms with Crippen molar-refractivity contribution >= 4 is 28.9 Å². The van der Waals surface area contributed by atoms with Crippen LogP contribution in [-0.4, -0.2) is 47.8 Å². The lowest BCUT2D eigenvalue weighted by Gasteiger charge is -2.35. The molecule has 1 amide bonds. The van der Waals surface area contributed by atoms with Crippen LogP contribution in [0, 0.1) is 6.92 Å². The molecule has 1 saturated heterocycles. The van der Waals surface area contributed by atoms with Gasteiger partial charge in [-0.15, -0.1) is 0 Å². The van der Waals surface area contributed by atoms with Crippen LogP contribution in [0.2, 0.25) is 0 Å². The normalized spacial score (nSPS) is 21.1. The monoisotopic (exact) mass is 350 g/mol. The average Bonchev–Trinajstić information content (AvgIpc) is 2.52. The maximum atomic E-state index is 12.0. The van der Waals surface area contributed by atoms with E-state index in [0.717, 1.165) is 24.3 Å². The number of carbonyl (C=O) groups is 1. The molecule has 0 unspecified atom stereocenters. The Morgan fingerprint density at radius 3 is 2.58 bits per heavy atom. The number of aryl methyl sites for hydroxylation is 1. The minimum absolute atomic E-state index is 0.0873. The molecule has 1 aromatic carbocycles.